The number of amides is 1. The Balaban J connectivity index is 1.38. The molecule has 1 amide bonds. The predicted molar refractivity (Wildman–Crippen MR) is 118 cm³/mol. The van der Waals surface area contributed by atoms with Gasteiger partial charge < -0.3 is 4.90 Å². The highest BCUT2D eigenvalue weighted by Gasteiger charge is 2.36. The summed E-state index contributed by atoms with van der Waals surface area (Å²) in [6, 6.07) is 20.2. The summed E-state index contributed by atoms with van der Waals surface area (Å²) in [5.41, 5.74) is 3.65. The lowest BCUT2D eigenvalue weighted by Crippen LogP contribution is -2.32. The van der Waals surface area contributed by atoms with Crippen LogP contribution in [0.25, 0.3) is 15.9 Å². The molecule has 2 aliphatic rings. The second-order valence-corrected chi connectivity index (χ2v) is 9.21. The topological polar surface area (TPSA) is 51.0 Å². The lowest BCUT2D eigenvalue weighted by atomic mass is 10.2. The van der Waals surface area contributed by atoms with Gasteiger partial charge in [-0.3, -0.25) is 4.79 Å². The Labute approximate surface area is 179 Å². The van der Waals surface area contributed by atoms with E-state index in [1.807, 2.05) is 64.2 Å². The first-order valence-electron chi connectivity index (χ1n) is 10.6. The minimum Gasteiger partial charge on any atom is -0.328 e. The van der Waals surface area contributed by atoms with Crippen LogP contribution in [0.15, 0.2) is 60.7 Å². The highest BCUT2D eigenvalue weighted by atomic mass is 32.1. The van der Waals surface area contributed by atoms with E-state index in [4.69, 9.17) is 10.1 Å². The third kappa shape index (κ3) is 3.03. The van der Waals surface area contributed by atoms with Crippen molar-refractivity contribution in [3.63, 3.8) is 0 Å². The van der Waals surface area contributed by atoms with E-state index in [1.54, 1.807) is 11.3 Å². The van der Waals surface area contributed by atoms with Crippen molar-refractivity contribution in [1.29, 1.82) is 0 Å². The van der Waals surface area contributed by atoms with Gasteiger partial charge in [-0.1, -0.05) is 30.3 Å². The van der Waals surface area contributed by atoms with Crippen LogP contribution < -0.4 is 0 Å². The number of hydrogen-bond acceptors (Lipinski definition) is 4. The maximum absolute atomic E-state index is 13.7. The van der Waals surface area contributed by atoms with Gasteiger partial charge in [0.25, 0.3) is 5.91 Å². The fourth-order valence-corrected chi connectivity index (χ4v) is 5.46. The fourth-order valence-electron chi connectivity index (χ4n) is 4.34. The SMILES string of the molecule is O=C(c1cc(C2CC2)nn1-c1ccccc1)N1CCC[C@@H]1c1nc2ccccc2s1. The first kappa shape index (κ1) is 17.8. The molecule has 0 unspecified atom stereocenters. The van der Waals surface area contributed by atoms with Gasteiger partial charge in [-0.05, 0) is 56.0 Å². The molecule has 5 nitrogen and oxygen atoms in total. The molecule has 1 saturated carbocycles. The number of rotatable bonds is 4. The normalized spacial score (nSPS) is 18.9. The number of nitrogens with zero attached hydrogens (tertiary/aromatic N) is 4. The van der Waals surface area contributed by atoms with E-state index >= 15 is 0 Å². The Bertz CT molecular complexity index is 1190. The molecule has 1 atom stereocenters. The summed E-state index contributed by atoms with van der Waals surface area (Å²) >= 11 is 1.70. The Kier molecular flexibility index (Phi) is 4.20. The molecule has 4 aromatic rings. The minimum atomic E-state index is 0.0402. The molecule has 2 aromatic carbocycles. The van der Waals surface area contributed by atoms with Gasteiger partial charge in [-0.2, -0.15) is 5.10 Å². The number of para-hydroxylation sites is 2. The molecule has 0 N–H and O–H groups in total. The lowest BCUT2D eigenvalue weighted by molar-refractivity contribution is 0.0726. The first-order chi connectivity index (χ1) is 14.8. The van der Waals surface area contributed by atoms with Crippen molar-refractivity contribution >= 4 is 27.5 Å². The second-order valence-electron chi connectivity index (χ2n) is 8.15. The summed E-state index contributed by atoms with van der Waals surface area (Å²) in [6.07, 6.45) is 4.29. The van der Waals surface area contributed by atoms with Crippen LogP contribution in [0.4, 0.5) is 0 Å². The summed E-state index contributed by atoms with van der Waals surface area (Å²) in [4.78, 5) is 20.6. The average Bonchev–Trinajstić information content (AvgIpc) is 3.20. The fraction of sp³-hybridized carbons (Fsp3) is 0.292. The molecule has 1 aliphatic carbocycles. The molecule has 30 heavy (non-hydrogen) atoms. The average molecular weight is 415 g/mol. The van der Waals surface area contributed by atoms with Gasteiger partial charge in [-0.25, -0.2) is 9.67 Å². The molecule has 0 radical (unpaired) electrons. The zero-order chi connectivity index (χ0) is 20.1. The molecular weight excluding hydrogens is 392 g/mol. The molecule has 0 bridgehead atoms. The highest BCUT2D eigenvalue weighted by molar-refractivity contribution is 7.18. The van der Waals surface area contributed by atoms with Crippen molar-refractivity contribution < 1.29 is 4.79 Å². The lowest BCUT2D eigenvalue weighted by Gasteiger charge is -2.23. The quantitative estimate of drug-likeness (QED) is 0.453. The van der Waals surface area contributed by atoms with Gasteiger partial charge in [0.2, 0.25) is 0 Å². The van der Waals surface area contributed by atoms with Gasteiger partial charge in [0.05, 0.1) is 27.6 Å². The Morgan fingerprint density at radius 3 is 2.60 bits per heavy atom. The van der Waals surface area contributed by atoms with Gasteiger partial charge in [0.15, 0.2) is 0 Å². The number of aromatic nitrogens is 3. The summed E-state index contributed by atoms with van der Waals surface area (Å²) in [6.45, 7) is 0.762. The monoisotopic (exact) mass is 414 g/mol. The minimum absolute atomic E-state index is 0.0402. The van der Waals surface area contributed by atoms with E-state index in [9.17, 15) is 4.79 Å². The number of thiazole rings is 1. The van der Waals surface area contributed by atoms with Crippen molar-refractivity contribution in [1.82, 2.24) is 19.7 Å². The van der Waals surface area contributed by atoms with Crippen LogP contribution in [0.2, 0.25) is 0 Å². The summed E-state index contributed by atoms with van der Waals surface area (Å²) < 4.78 is 3.01. The summed E-state index contributed by atoms with van der Waals surface area (Å²) in [5.74, 6) is 0.556. The van der Waals surface area contributed by atoms with E-state index in [1.165, 1.54) is 4.70 Å². The number of carbonyl (C=O) groups is 1. The summed E-state index contributed by atoms with van der Waals surface area (Å²) in [7, 11) is 0. The van der Waals surface area contributed by atoms with Crippen LogP contribution in [-0.4, -0.2) is 32.1 Å². The van der Waals surface area contributed by atoms with Crippen LogP contribution in [0, 0.1) is 0 Å². The van der Waals surface area contributed by atoms with Crippen molar-refractivity contribution in [2.24, 2.45) is 0 Å². The van der Waals surface area contributed by atoms with Gasteiger partial charge in [0, 0.05) is 12.5 Å². The molecule has 2 fully saturated rings. The van der Waals surface area contributed by atoms with Crippen LogP contribution in [0.3, 0.4) is 0 Å². The first-order valence-corrected chi connectivity index (χ1v) is 11.4. The summed E-state index contributed by atoms with van der Waals surface area (Å²) in [5, 5.41) is 5.86. The van der Waals surface area contributed by atoms with Gasteiger partial charge in [0.1, 0.15) is 10.7 Å². The van der Waals surface area contributed by atoms with Gasteiger partial charge in [-0.15, -0.1) is 11.3 Å². The Hall–Kier alpha value is -2.99. The number of hydrogen-bond donors (Lipinski definition) is 0. The van der Waals surface area contributed by atoms with E-state index < -0.39 is 0 Å². The third-order valence-corrected chi connectivity index (χ3v) is 7.19. The highest BCUT2D eigenvalue weighted by Crippen LogP contribution is 2.41. The van der Waals surface area contributed by atoms with Crippen molar-refractivity contribution in [3.05, 3.63) is 77.1 Å². The van der Waals surface area contributed by atoms with Crippen molar-refractivity contribution in [2.45, 2.75) is 37.6 Å². The number of carbonyl (C=O) groups excluding carboxylic acids is 1. The van der Waals surface area contributed by atoms with Crippen LogP contribution in [0.5, 0.6) is 0 Å². The zero-order valence-corrected chi connectivity index (χ0v) is 17.4. The smallest absolute Gasteiger partial charge is 0.273 e. The van der Waals surface area contributed by atoms with Gasteiger partial charge >= 0.3 is 0 Å². The van der Waals surface area contributed by atoms with E-state index in [2.05, 4.69) is 6.07 Å². The molecule has 6 rings (SSSR count). The number of likely N-dealkylation sites (tertiary alicyclic amines) is 1. The Morgan fingerprint density at radius 2 is 1.80 bits per heavy atom. The molecule has 0 spiro atoms. The van der Waals surface area contributed by atoms with Crippen LogP contribution in [0.1, 0.15) is 58.8 Å². The van der Waals surface area contributed by atoms with E-state index in [-0.39, 0.29) is 11.9 Å². The van der Waals surface area contributed by atoms with E-state index in [0.717, 1.165) is 54.1 Å². The molecule has 6 heteroatoms. The Morgan fingerprint density at radius 1 is 1.00 bits per heavy atom. The zero-order valence-electron chi connectivity index (χ0n) is 16.6. The van der Waals surface area contributed by atoms with E-state index in [0.29, 0.717) is 11.6 Å². The largest absolute Gasteiger partial charge is 0.328 e. The predicted octanol–water partition coefficient (Wildman–Crippen LogP) is 5.34. The van der Waals surface area contributed by atoms with Crippen LogP contribution >= 0.6 is 11.3 Å². The van der Waals surface area contributed by atoms with Crippen molar-refractivity contribution in [3.8, 4) is 5.69 Å². The number of benzene rings is 2. The maximum atomic E-state index is 13.7. The third-order valence-electron chi connectivity index (χ3n) is 6.05. The molecule has 150 valence electrons. The van der Waals surface area contributed by atoms with Crippen molar-refractivity contribution in [2.75, 3.05) is 6.54 Å². The molecule has 2 aromatic heterocycles. The maximum Gasteiger partial charge on any atom is 0.273 e. The number of fused-ring (bicyclic) bond motifs is 1. The molecular formula is C24H22N4OS. The molecule has 1 saturated heterocycles. The molecule has 3 heterocycles. The standard InChI is InChI=1S/C24H22N4OS/c29-24(21-15-19(16-12-13-16)26-28(21)17-7-2-1-3-8-17)27-14-6-10-20(27)23-25-18-9-4-5-11-22(18)30-23/h1-5,7-9,11,15-16,20H,6,10,12-14H2/t20-/m1/s1. The second kappa shape index (κ2) is 7.06. The van der Waals surface area contributed by atoms with Crippen LogP contribution in [-0.2, 0) is 0 Å². The molecule has 1 aliphatic heterocycles.